The SMILES string of the molecule is O=C(NO)c1ccc(/C=C/c2ccncc2)cc1. The van der Waals surface area contributed by atoms with Gasteiger partial charge in [-0.25, -0.2) is 5.48 Å². The quantitative estimate of drug-likeness (QED) is 0.639. The fraction of sp³-hybridized carbons (Fsp3) is 0. The monoisotopic (exact) mass is 240 g/mol. The highest BCUT2D eigenvalue weighted by Crippen LogP contribution is 2.09. The van der Waals surface area contributed by atoms with Crippen molar-refractivity contribution in [2.24, 2.45) is 0 Å². The number of nitrogens with one attached hydrogen (secondary N) is 1. The molecule has 0 radical (unpaired) electrons. The van der Waals surface area contributed by atoms with Crippen molar-refractivity contribution in [2.45, 2.75) is 0 Å². The Labute approximate surface area is 105 Å². The van der Waals surface area contributed by atoms with Gasteiger partial charge in [-0.1, -0.05) is 24.3 Å². The smallest absolute Gasteiger partial charge is 0.274 e. The summed E-state index contributed by atoms with van der Waals surface area (Å²) in [5.74, 6) is -0.514. The van der Waals surface area contributed by atoms with Crippen LogP contribution in [0.5, 0.6) is 0 Å². The van der Waals surface area contributed by atoms with Crippen molar-refractivity contribution >= 4 is 18.1 Å². The lowest BCUT2D eigenvalue weighted by molar-refractivity contribution is 0.0706. The molecule has 0 unspecified atom stereocenters. The number of rotatable bonds is 3. The molecule has 0 aliphatic carbocycles. The topological polar surface area (TPSA) is 62.2 Å². The summed E-state index contributed by atoms with van der Waals surface area (Å²) < 4.78 is 0. The van der Waals surface area contributed by atoms with Gasteiger partial charge in [0.05, 0.1) is 0 Å². The number of aromatic nitrogens is 1. The molecule has 2 aromatic rings. The molecule has 0 aliphatic heterocycles. The Bertz CT molecular complexity index is 548. The molecule has 0 bridgehead atoms. The maximum absolute atomic E-state index is 11.1. The van der Waals surface area contributed by atoms with E-state index in [4.69, 9.17) is 5.21 Å². The van der Waals surface area contributed by atoms with Crippen LogP contribution in [-0.2, 0) is 0 Å². The zero-order valence-corrected chi connectivity index (χ0v) is 9.58. The van der Waals surface area contributed by atoms with Crippen LogP contribution in [0.1, 0.15) is 21.5 Å². The van der Waals surface area contributed by atoms with Gasteiger partial charge in [-0.3, -0.25) is 15.0 Å². The number of benzene rings is 1. The second kappa shape index (κ2) is 5.75. The van der Waals surface area contributed by atoms with Crippen molar-refractivity contribution in [3.8, 4) is 0 Å². The second-order valence-electron chi connectivity index (χ2n) is 3.68. The molecule has 1 aromatic carbocycles. The lowest BCUT2D eigenvalue weighted by atomic mass is 10.1. The maximum Gasteiger partial charge on any atom is 0.274 e. The van der Waals surface area contributed by atoms with Gasteiger partial charge < -0.3 is 0 Å². The van der Waals surface area contributed by atoms with E-state index >= 15 is 0 Å². The van der Waals surface area contributed by atoms with Gasteiger partial charge in [-0.15, -0.1) is 0 Å². The summed E-state index contributed by atoms with van der Waals surface area (Å²) >= 11 is 0. The Kier molecular flexibility index (Phi) is 3.83. The maximum atomic E-state index is 11.1. The van der Waals surface area contributed by atoms with E-state index in [0.717, 1.165) is 11.1 Å². The van der Waals surface area contributed by atoms with E-state index < -0.39 is 5.91 Å². The molecule has 0 fully saturated rings. The van der Waals surface area contributed by atoms with Crippen LogP contribution < -0.4 is 5.48 Å². The molecule has 4 heteroatoms. The molecule has 2 rings (SSSR count). The van der Waals surface area contributed by atoms with Crippen LogP contribution in [0.25, 0.3) is 12.2 Å². The summed E-state index contributed by atoms with van der Waals surface area (Å²) in [6.45, 7) is 0. The number of carbonyl (C=O) groups is 1. The van der Waals surface area contributed by atoms with Crippen molar-refractivity contribution in [1.82, 2.24) is 10.5 Å². The normalized spacial score (nSPS) is 10.5. The Morgan fingerprint density at radius 2 is 1.56 bits per heavy atom. The van der Waals surface area contributed by atoms with Crippen LogP contribution >= 0.6 is 0 Å². The predicted molar refractivity (Wildman–Crippen MR) is 68.9 cm³/mol. The van der Waals surface area contributed by atoms with E-state index in [1.54, 1.807) is 30.0 Å². The van der Waals surface area contributed by atoms with Crippen LogP contribution in [-0.4, -0.2) is 16.1 Å². The van der Waals surface area contributed by atoms with Gasteiger partial charge in [0.2, 0.25) is 0 Å². The molecule has 0 atom stereocenters. The Balaban J connectivity index is 2.11. The van der Waals surface area contributed by atoms with E-state index in [-0.39, 0.29) is 0 Å². The summed E-state index contributed by atoms with van der Waals surface area (Å²) in [4.78, 5) is 15.1. The summed E-state index contributed by atoms with van der Waals surface area (Å²) in [5, 5.41) is 8.49. The Hall–Kier alpha value is -2.46. The van der Waals surface area contributed by atoms with Gasteiger partial charge in [0.15, 0.2) is 0 Å². The Morgan fingerprint density at radius 1 is 1.00 bits per heavy atom. The summed E-state index contributed by atoms with van der Waals surface area (Å²) in [6.07, 6.45) is 7.36. The van der Waals surface area contributed by atoms with Crippen LogP contribution in [0, 0.1) is 0 Å². The minimum Gasteiger partial charge on any atom is -0.288 e. The van der Waals surface area contributed by atoms with Crippen LogP contribution in [0.15, 0.2) is 48.8 Å². The van der Waals surface area contributed by atoms with Gasteiger partial charge in [0.25, 0.3) is 5.91 Å². The molecule has 1 heterocycles. The molecule has 0 aliphatic rings. The first-order valence-corrected chi connectivity index (χ1v) is 5.42. The van der Waals surface area contributed by atoms with Gasteiger partial charge >= 0.3 is 0 Å². The van der Waals surface area contributed by atoms with Crippen molar-refractivity contribution in [3.05, 3.63) is 65.5 Å². The van der Waals surface area contributed by atoms with Gasteiger partial charge in [0, 0.05) is 18.0 Å². The first-order valence-electron chi connectivity index (χ1n) is 5.42. The first-order chi connectivity index (χ1) is 8.79. The van der Waals surface area contributed by atoms with E-state index in [0.29, 0.717) is 5.56 Å². The van der Waals surface area contributed by atoms with Crippen LogP contribution in [0.3, 0.4) is 0 Å². The third kappa shape index (κ3) is 3.02. The molecule has 1 amide bonds. The minimum absolute atomic E-state index is 0.415. The van der Waals surface area contributed by atoms with E-state index in [1.165, 1.54) is 0 Å². The minimum atomic E-state index is -0.514. The van der Waals surface area contributed by atoms with Crippen molar-refractivity contribution in [1.29, 1.82) is 0 Å². The molecule has 4 nitrogen and oxygen atoms in total. The molecule has 1 aromatic heterocycles. The fourth-order valence-corrected chi connectivity index (χ4v) is 1.48. The zero-order chi connectivity index (χ0) is 12.8. The van der Waals surface area contributed by atoms with E-state index in [1.807, 2.05) is 36.4 Å². The van der Waals surface area contributed by atoms with E-state index in [9.17, 15) is 4.79 Å². The van der Waals surface area contributed by atoms with Crippen molar-refractivity contribution < 1.29 is 10.0 Å². The number of hydrogen-bond donors (Lipinski definition) is 2. The zero-order valence-electron chi connectivity index (χ0n) is 9.58. The molecular weight excluding hydrogens is 228 g/mol. The number of hydrogen-bond acceptors (Lipinski definition) is 3. The lowest BCUT2D eigenvalue weighted by Gasteiger charge is -1.99. The van der Waals surface area contributed by atoms with Gasteiger partial charge in [-0.2, -0.15) is 0 Å². The number of amides is 1. The standard InChI is InChI=1S/C14H12N2O2/c17-14(16-18)13-5-3-11(4-6-13)1-2-12-7-9-15-10-8-12/h1-10,18H,(H,16,17)/b2-1+. The number of hydroxylamine groups is 1. The van der Waals surface area contributed by atoms with Crippen LogP contribution in [0.2, 0.25) is 0 Å². The molecule has 90 valence electrons. The average molecular weight is 240 g/mol. The second-order valence-corrected chi connectivity index (χ2v) is 3.68. The molecule has 0 spiro atoms. The molecular formula is C14H12N2O2. The summed E-state index contributed by atoms with van der Waals surface area (Å²) in [5.41, 5.74) is 4.04. The van der Waals surface area contributed by atoms with Crippen molar-refractivity contribution in [3.63, 3.8) is 0 Å². The largest absolute Gasteiger partial charge is 0.288 e. The van der Waals surface area contributed by atoms with Crippen LogP contribution in [0.4, 0.5) is 0 Å². The highest BCUT2D eigenvalue weighted by Gasteiger charge is 2.01. The molecule has 0 saturated heterocycles. The Morgan fingerprint density at radius 3 is 2.11 bits per heavy atom. The summed E-state index contributed by atoms with van der Waals surface area (Å²) in [7, 11) is 0. The first kappa shape index (κ1) is 12.0. The molecule has 2 N–H and O–H groups in total. The lowest BCUT2D eigenvalue weighted by Crippen LogP contribution is -2.18. The number of carbonyl (C=O) groups excluding carboxylic acids is 1. The predicted octanol–water partition coefficient (Wildman–Crippen LogP) is 2.37. The number of pyridine rings is 1. The van der Waals surface area contributed by atoms with E-state index in [2.05, 4.69) is 4.98 Å². The number of nitrogens with zero attached hydrogens (tertiary/aromatic N) is 1. The van der Waals surface area contributed by atoms with Crippen molar-refractivity contribution in [2.75, 3.05) is 0 Å². The van der Waals surface area contributed by atoms with Gasteiger partial charge in [-0.05, 0) is 35.4 Å². The molecule has 18 heavy (non-hydrogen) atoms. The third-order valence-electron chi connectivity index (χ3n) is 2.45. The molecule has 0 saturated carbocycles. The third-order valence-corrected chi connectivity index (χ3v) is 2.45. The van der Waals surface area contributed by atoms with Gasteiger partial charge in [0.1, 0.15) is 0 Å². The highest BCUT2D eigenvalue weighted by atomic mass is 16.5. The fourth-order valence-electron chi connectivity index (χ4n) is 1.48. The highest BCUT2D eigenvalue weighted by molar-refractivity contribution is 5.93. The summed E-state index contributed by atoms with van der Waals surface area (Å²) in [6, 6.07) is 10.7. The average Bonchev–Trinajstić information content (AvgIpc) is 2.46.